The lowest BCUT2D eigenvalue weighted by Gasteiger charge is -2.27. The smallest absolute Gasteiger partial charge is 0.210 e. The first kappa shape index (κ1) is 20.1. The lowest BCUT2D eigenvalue weighted by molar-refractivity contribution is -0.120. The molecule has 0 N–H and O–H groups in total. The Morgan fingerprint density at radius 2 is 1.60 bits per heavy atom. The molecule has 0 heterocycles. The van der Waals surface area contributed by atoms with Gasteiger partial charge in [0.2, 0.25) is 6.41 Å². The van der Waals surface area contributed by atoms with E-state index in [2.05, 4.69) is 0 Å². The van der Waals surface area contributed by atoms with Gasteiger partial charge in [0, 0.05) is 5.56 Å². The molecule has 0 saturated carbocycles. The minimum Gasteiger partial charge on any atom is -0.331 e. The molecule has 1 atom stereocenters. The number of ketones is 1. The van der Waals surface area contributed by atoms with Gasteiger partial charge in [0.1, 0.15) is 0 Å². The molecule has 3 nitrogen and oxygen atoms in total. The summed E-state index contributed by atoms with van der Waals surface area (Å²) >= 11 is 23.8. The van der Waals surface area contributed by atoms with Crippen molar-refractivity contribution in [1.29, 1.82) is 0 Å². The average Bonchev–Trinajstić information content (AvgIpc) is 2.59. The summed E-state index contributed by atoms with van der Waals surface area (Å²) in [7, 11) is 0. The minimum absolute atomic E-state index is 0.0831. The number of hydrogen-bond donors (Lipinski definition) is 0. The van der Waals surface area contributed by atoms with Crippen LogP contribution >= 0.6 is 46.4 Å². The van der Waals surface area contributed by atoms with Gasteiger partial charge in [-0.1, -0.05) is 59.4 Å². The summed E-state index contributed by atoms with van der Waals surface area (Å²) in [6, 6.07) is 9.51. The third-order valence-electron chi connectivity index (χ3n) is 3.82. The molecule has 0 radical (unpaired) electrons. The van der Waals surface area contributed by atoms with Crippen molar-refractivity contribution in [2.45, 2.75) is 19.4 Å². The second-order valence-electron chi connectivity index (χ2n) is 5.43. The molecule has 0 aliphatic rings. The SMILES string of the molecule is CCC(c1ccc(Cl)c(Cl)c1)N(C=O)CC(=O)c1ccc(Cl)c(Cl)c1. The van der Waals surface area contributed by atoms with Gasteiger partial charge in [-0.3, -0.25) is 9.59 Å². The van der Waals surface area contributed by atoms with Crippen molar-refractivity contribution >= 4 is 58.6 Å². The van der Waals surface area contributed by atoms with E-state index in [0.29, 0.717) is 38.5 Å². The molecule has 0 aromatic heterocycles. The van der Waals surface area contributed by atoms with E-state index in [4.69, 9.17) is 46.4 Å². The second-order valence-corrected chi connectivity index (χ2v) is 7.06. The molecule has 0 spiro atoms. The largest absolute Gasteiger partial charge is 0.331 e. The minimum atomic E-state index is -0.293. The van der Waals surface area contributed by atoms with Crippen molar-refractivity contribution in [3.8, 4) is 0 Å². The molecule has 1 unspecified atom stereocenters. The van der Waals surface area contributed by atoms with Crippen molar-refractivity contribution < 1.29 is 9.59 Å². The predicted molar refractivity (Wildman–Crippen MR) is 103 cm³/mol. The second kappa shape index (κ2) is 8.91. The van der Waals surface area contributed by atoms with Gasteiger partial charge >= 0.3 is 0 Å². The highest BCUT2D eigenvalue weighted by Crippen LogP contribution is 2.30. The summed E-state index contributed by atoms with van der Waals surface area (Å²) in [6.45, 7) is 1.84. The summed E-state index contributed by atoms with van der Waals surface area (Å²) in [4.78, 5) is 25.5. The Hall–Kier alpha value is -1.26. The van der Waals surface area contributed by atoms with Crippen LogP contribution in [0.15, 0.2) is 36.4 Å². The number of rotatable bonds is 7. The normalized spacial score (nSPS) is 11.9. The fourth-order valence-corrected chi connectivity index (χ4v) is 3.13. The summed E-state index contributed by atoms with van der Waals surface area (Å²) in [5.41, 5.74) is 1.20. The van der Waals surface area contributed by atoms with Gasteiger partial charge in [-0.2, -0.15) is 0 Å². The maximum absolute atomic E-state index is 12.5. The van der Waals surface area contributed by atoms with Crippen molar-refractivity contribution in [3.63, 3.8) is 0 Å². The Morgan fingerprint density at radius 3 is 2.12 bits per heavy atom. The summed E-state index contributed by atoms with van der Waals surface area (Å²) in [5, 5.41) is 1.50. The lowest BCUT2D eigenvalue weighted by atomic mass is 10.0. The van der Waals surface area contributed by atoms with Crippen LogP contribution in [0.1, 0.15) is 35.3 Å². The number of nitrogens with zero attached hydrogens (tertiary/aromatic N) is 1. The maximum Gasteiger partial charge on any atom is 0.210 e. The predicted octanol–water partition coefficient (Wildman–Crippen LogP) is 6.09. The monoisotopic (exact) mass is 417 g/mol. The van der Waals surface area contributed by atoms with Crippen LogP contribution in [0.3, 0.4) is 0 Å². The van der Waals surface area contributed by atoms with Crippen molar-refractivity contribution in [2.75, 3.05) is 6.54 Å². The van der Waals surface area contributed by atoms with E-state index in [1.54, 1.807) is 30.3 Å². The molecular weight excluding hydrogens is 404 g/mol. The van der Waals surface area contributed by atoms with E-state index in [-0.39, 0.29) is 18.4 Å². The summed E-state index contributed by atoms with van der Waals surface area (Å²) in [6.07, 6.45) is 1.28. The zero-order chi connectivity index (χ0) is 18.6. The molecule has 0 aliphatic carbocycles. The maximum atomic E-state index is 12.5. The van der Waals surface area contributed by atoms with E-state index in [1.807, 2.05) is 6.92 Å². The highest BCUT2D eigenvalue weighted by molar-refractivity contribution is 6.42. The fourth-order valence-electron chi connectivity index (χ4n) is 2.53. The Kier molecular flexibility index (Phi) is 7.14. The standard InChI is InChI=1S/C18H15Cl4NO2/c1-2-17(11-3-5-13(19)15(21)7-11)23(10-24)9-18(25)12-4-6-14(20)16(22)8-12/h3-8,10,17H,2,9H2,1H3. The van der Waals surface area contributed by atoms with Crippen molar-refractivity contribution in [2.24, 2.45) is 0 Å². The Labute approximate surface area is 166 Å². The first-order valence-electron chi connectivity index (χ1n) is 7.51. The van der Waals surface area contributed by atoms with Gasteiger partial charge in [0.25, 0.3) is 0 Å². The van der Waals surface area contributed by atoms with Gasteiger partial charge in [0.15, 0.2) is 5.78 Å². The third kappa shape index (κ3) is 4.89. The average molecular weight is 419 g/mol. The van der Waals surface area contributed by atoms with Crippen LogP contribution in [0.4, 0.5) is 0 Å². The van der Waals surface area contributed by atoms with Crippen LogP contribution in [0.2, 0.25) is 20.1 Å². The van der Waals surface area contributed by atoms with E-state index < -0.39 is 0 Å². The van der Waals surface area contributed by atoms with Crippen LogP contribution in [-0.4, -0.2) is 23.6 Å². The molecule has 2 aromatic rings. The van der Waals surface area contributed by atoms with Crippen LogP contribution in [0.25, 0.3) is 0 Å². The van der Waals surface area contributed by atoms with E-state index in [9.17, 15) is 9.59 Å². The number of halogens is 4. The van der Waals surface area contributed by atoms with Gasteiger partial charge in [-0.15, -0.1) is 0 Å². The molecule has 0 aliphatic heterocycles. The van der Waals surface area contributed by atoms with E-state index >= 15 is 0 Å². The molecule has 132 valence electrons. The van der Waals surface area contributed by atoms with E-state index in [0.717, 1.165) is 5.56 Å². The first-order chi connectivity index (χ1) is 11.9. The number of benzene rings is 2. The molecule has 0 fully saturated rings. The molecule has 0 bridgehead atoms. The number of amides is 1. The number of carbonyl (C=O) groups is 2. The molecule has 7 heteroatoms. The van der Waals surface area contributed by atoms with Crippen LogP contribution < -0.4 is 0 Å². The number of hydrogen-bond acceptors (Lipinski definition) is 2. The van der Waals surface area contributed by atoms with Gasteiger partial charge in [-0.25, -0.2) is 0 Å². The molecule has 2 rings (SSSR count). The van der Waals surface area contributed by atoms with Gasteiger partial charge in [0.05, 0.1) is 32.7 Å². The van der Waals surface area contributed by atoms with Gasteiger partial charge < -0.3 is 4.90 Å². The molecule has 25 heavy (non-hydrogen) atoms. The third-order valence-corrected chi connectivity index (χ3v) is 5.30. The Bertz CT molecular complexity index is 795. The topological polar surface area (TPSA) is 37.4 Å². The zero-order valence-corrected chi connectivity index (χ0v) is 16.3. The van der Waals surface area contributed by atoms with Crippen LogP contribution in [0, 0.1) is 0 Å². The Balaban J connectivity index is 2.24. The molecular formula is C18H15Cl4NO2. The van der Waals surface area contributed by atoms with Crippen LogP contribution in [-0.2, 0) is 4.79 Å². The number of carbonyl (C=O) groups excluding carboxylic acids is 2. The molecule has 1 amide bonds. The van der Waals surface area contributed by atoms with E-state index in [1.165, 1.54) is 11.0 Å². The first-order valence-corrected chi connectivity index (χ1v) is 9.02. The van der Waals surface area contributed by atoms with Crippen LogP contribution in [0.5, 0.6) is 0 Å². The van der Waals surface area contributed by atoms with Crippen molar-refractivity contribution in [3.05, 3.63) is 67.6 Å². The van der Waals surface area contributed by atoms with Gasteiger partial charge in [-0.05, 0) is 42.3 Å². The molecule has 2 aromatic carbocycles. The summed E-state index contributed by atoms with van der Waals surface area (Å²) < 4.78 is 0. The van der Waals surface area contributed by atoms with Crippen molar-refractivity contribution in [1.82, 2.24) is 4.90 Å². The zero-order valence-electron chi connectivity index (χ0n) is 13.3. The molecule has 0 saturated heterocycles. The number of Topliss-reactive ketones (excluding diaryl/α,β-unsaturated/α-hetero) is 1. The highest BCUT2D eigenvalue weighted by atomic mass is 35.5. The summed E-state index contributed by atoms with van der Waals surface area (Å²) in [5.74, 6) is -0.232. The Morgan fingerprint density at radius 1 is 1.00 bits per heavy atom. The lowest BCUT2D eigenvalue weighted by Crippen LogP contribution is -2.32. The quantitative estimate of drug-likeness (QED) is 0.402. The highest BCUT2D eigenvalue weighted by Gasteiger charge is 2.21. The fraction of sp³-hybridized carbons (Fsp3) is 0.222.